The van der Waals surface area contributed by atoms with Crippen molar-refractivity contribution >= 4 is 11.6 Å². The van der Waals surface area contributed by atoms with E-state index in [1.54, 1.807) is 0 Å². The van der Waals surface area contributed by atoms with Crippen molar-refractivity contribution < 1.29 is 22.4 Å². The monoisotopic (exact) mass is 343 g/mol. The molecular weight excluding hydrogens is 330 g/mol. The van der Waals surface area contributed by atoms with E-state index < -0.39 is 34.7 Å². The fourth-order valence-corrected chi connectivity index (χ4v) is 2.17. The van der Waals surface area contributed by atoms with Gasteiger partial charge in [-0.3, -0.25) is 14.3 Å². The zero-order valence-corrected chi connectivity index (χ0v) is 13.0. The van der Waals surface area contributed by atoms with Crippen LogP contribution in [0.1, 0.15) is 18.2 Å². The van der Waals surface area contributed by atoms with Crippen LogP contribution in [0.15, 0.2) is 23.0 Å². The number of rotatable bonds is 2. The van der Waals surface area contributed by atoms with Gasteiger partial charge in [0, 0.05) is 31.3 Å². The predicted octanol–water partition coefficient (Wildman–Crippen LogP) is 2.87. The smallest absolute Gasteiger partial charge is 0.326 e. The molecule has 24 heavy (non-hydrogen) atoms. The van der Waals surface area contributed by atoms with E-state index in [2.05, 4.69) is 10.4 Å². The Kier molecular flexibility index (Phi) is 4.46. The molecule has 0 saturated heterocycles. The number of halogens is 4. The number of benzene rings is 1. The van der Waals surface area contributed by atoms with Gasteiger partial charge in [-0.1, -0.05) is 0 Å². The average Bonchev–Trinajstić information content (AvgIpc) is 2.42. The van der Waals surface area contributed by atoms with Gasteiger partial charge in [-0.05, 0) is 24.6 Å². The maximum absolute atomic E-state index is 14.2. The van der Waals surface area contributed by atoms with E-state index in [0.717, 1.165) is 13.1 Å². The summed E-state index contributed by atoms with van der Waals surface area (Å²) in [5.74, 6) is -1.24. The summed E-state index contributed by atoms with van der Waals surface area (Å²) >= 11 is 0. The minimum atomic E-state index is -4.76. The second kappa shape index (κ2) is 6.06. The van der Waals surface area contributed by atoms with Crippen LogP contribution in [0.3, 0.4) is 0 Å². The van der Waals surface area contributed by atoms with Crippen LogP contribution in [0.2, 0.25) is 0 Å². The van der Waals surface area contributed by atoms with Crippen LogP contribution in [0.4, 0.5) is 23.2 Å². The lowest BCUT2D eigenvalue weighted by Crippen LogP contribution is -2.23. The number of nitrogens with zero attached hydrogens (tertiary/aromatic N) is 2. The number of amides is 1. The van der Waals surface area contributed by atoms with E-state index in [0.29, 0.717) is 16.3 Å². The molecule has 0 radical (unpaired) electrons. The highest BCUT2D eigenvalue weighted by Gasteiger charge is 2.34. The minimum absolute atomic E-state index is 0.239. The number of hydrogen-bond acceptors (Lipinski definition) is 3. The Morgan fingerprint density at radius 3 is 2.42 bits per heavy atom. The van der Waals surface area contributed by atoms with Crippen LogP contribution in [-0.4, -0.2) is 15.7 Å². The molecule has 1 aromatic heterocycles. The van der Waals surface area contributed by atoms with Crippen molar-refractivity contribution in [1.82, 2.24) is 9.78 Å². The van der Waals surface area contributed by atoms with E-state index in [1.807, 2.05) is 0 Å². The molecule has 0 spiro atoms. The quantitative estimate of drug-likeness (QED) is 0.853. The van der Waals surface area contributed by atoms with Crippen molar-refractivity contribution in [1.29, 1.82) is 0 Å². The summed E-state index contributed by atoms with van der Waals surface area (Å²) in [6.45, 7) is 2.79. The SMILES string of the molecule is CC(=O)Nc1cc(-c2nn(C)c(C(F)(F)F)cc2=O)c(F)cc1C. The minimum Gasteiger partial charge on any atom is -0.326 e. The molecule has 0 atom stereocenters. The summed E-state index contributed by atoms with van der Waals surface area (Å²) in [6, 6.07) is 2.60. The Labute approximate surface area is 133 Å². The number of aryl methyl sites for hydroxylation is 2. The van der Waals surface area contributed by atoms with Crippen molar-refractivity contribution in [3.8, 4) is 11.3 Å². The average molecular weight is 343 g/mol. The molecule has 0 unspecified atom stereocenters. The first-order valence-corrected chi connectivity index (χ1v) is 6.74. The molecule has 9 heteroatoms. The van der Waals surface area contributed by atoms with E-state index in [-0.39, 0.29) is 11.3 Å². The molecule has 128 valence electrons. The fourth-order valence-electron chi connectivity index (χ4n) is 2.17. The number of carbonyl (C=O) groups excluding carboxylic acids is 1. The molecule has 0 aliphatic heterocycles. The molecule has 2 aromatic rings. The largest absolute Gasteiger partial charge is 0.433 e. The van der Waals surface area contributed by atoms with E-state index >= 15 is 0 Å². The Morgan fingerprint density at radius 1 is 1.25 bits per heavy atom. The number of anilines is 1. The molecule has 0 aliphatic carbocycles. The molecule has 0 aliphatic rings. The Hall–Kier alpha value is -2.71. The van der Waals surface area contributed by atoms with Gasteiger partial charge in [0.1, 0.15) is 17.2 Å². The molecule has 5 nitrogen and oxygen atoms in total. The molecule has 0 saturated carbocycles. The van der Waals surface area contributed by atoms with E-state index in [1.165, 1.54) is 19.9 Å². The number of carbonyl (C=O) groups is 1. The molecule has 1 amide bonds. The van der Waals surface area contributed by atoms with Crippen molar-refractivity contribution in [2.75, 3.05) is 5.32 Å². The van der Waals surface area contributed by atoms with Crippen LogP contribution < -0.4 is 10.7 Å². The van der Waals surface area contributed by atoms with Crippen LogP contribution >= 0.6 is 0 Å². The zero-order chi connectivity index (χ0) is 18.2. The van der Waals surface area contributed by atoms with Gasteiger partial charge in [0.25, 0.3) is 0 Å². The molecule has 1 aromatic carbocycles. The zero-order valence-electron chi connectivity index (χ0n) is 13.0. The Balaban J connectivity index is 2.67. The second-order valence-corrected chi connectivity index (χ2v) is 5.19. The lowest BCUT2D eigenvalue weighted by Gasteiger charge is -2.14. The van der Waals surface area contributed by atoms with E-state index in [4.69, 9.17) is 0 Å². The van der Waals surface area contributed by atoms with Gasteiger partial charge in [0.15, 0.2) is 0 Å². The highest BCUT2D eigenvalue weighted by Crippen LogP contribution is 2.29. The predicted molar refractivity (Wildman–Crippen MR) is 78.9 cm³/mol. The van der Waals surface area contributed by atoms with Crippen molar-refractivity contribution in [3.63, 3.8) is 0 Å². The maximum atomic E-state index is 14.2. The third-order valence-corrected chi connectivity index (χ3v) is 3.27. The second-order valence-electron chi connectivity index (χ2n) is 5.19. The summed E-state index contributed by atoms with van der Waals surface area (Å²) in [6.07, 6.45) is -4.76. The molecular formula is C15H13F4N3O2. The van der Waals surface area contributed by atoms with Gasteiger partial charge >= 0.3 is 6.18 Å². The number of aromatic nitrogens is 2. The fraction of sp³-hybridized carbons (Fsp3) is 0.267. The number of hydrogen-bond donors (Lipinski definition) is 1. The lowest BCUT2D eigenvalue weighted by molar-refractivity contribution is -0.144. The summed E-state index contributed by atoms with van der Waals surface area (Å²) in [5.41, 5.74) is -2.45. The van der Waals surface area contributed by atoms with Gasteiger partial charge in [-0.25, -0.2) is 4.39 Å². The summed E-state index contributed by atoms with van der Waals surface area (Å²) in [7, 11) is 1.01. The van der Waals surface area contributed by atoms with Crippen LogP contribution in [-0.2, 0) is 18.0 Å². The maximum Gasteiger partial charge on any atom is 0.433 e. The van der Waals surface area contributed by atoms with Crippen molar-refractivity contribution in [3.05, 3.63) is 45.5 Å². The van der Waals surface area contributed by atoms with Gasteiger partial charge < -0.3 is 5.32 Å². The lowest BCUT2D eigenvalue weighted by atomic mass is 10.1. The summed E-state index contributed by atoms with van der Waals surface area (Å²) in [5, 5.41) is 6.01. The van der Waals surface area contributed by atoms with Gasteiger partial charge in [-0.15, -0.1) is 0 Å². The van der Waals surface area contributed by atoms with Crippen molar-refractivity contribution in [2.24, 2.45) is 7.05 Å². The molecule has 2 rings (SSSR count). The van der Waals surface area contributed by atoms with E-state index in [9.17, 15) is 27.2 Å². The molecule has 0 bridgehead atoms. The van der Waals surface area contributed by atoms with Gasteiger partial charge in [-0.2, -0.15) is 18.3 Å². The highest BCUT2D eigenvalue weighted by atomic mass is 19.4. The van der Waals surface area contributed by atoms with Crippen LogP contribution in [0, 0.1) is 12.7 Å². The number of alkyl halides is 3. The Bertz CT molecular complexity index is 872. The third kappa shape index (κ3) is 3.44. The van der Waals surface area contributed by atoms with Crippen LogP contribution in [0.25, 0.3) is 11.3 Å². The van der Waals surface area contributed by atoms with Gasteiger partial charge in [0.05, 0.1) is 0 Å². The first-order chi connectivity index (χ1) is 11.0. The summed E-state index contributed by atoms with van der Waals surface area (Å²) in [4.78, 5) is 23.1. The standard InChI is InChI=1S/C15H13F4N3O2/c1-7-4-10(16)9(5-11(7)20-8(2)23)14-12(24)6-13(15(17,18)19)22(3)21-14/h4-6H,1-3H3,(H,20,23). The normalized spacial score (nSPS) is 11.5. The molecule has 0 fully saturated rings. The first kappa shape index (κ1) is 17.6. The molecule has 1 heterocycles. The third-order valence-electron chi connectivity index (χ3n) is 3.27. The highest BCUT2D eigenvalue weighted by molar-refractivity contribution is 5.90. The van der Waals surface area contributed by atoms with Crippen molar-refractivity contribution in [2.45, 2.75) is 20.0 Å². The summed E-state index contributed by atoms with van der Waals surface area (Å²) < 4.78 is 53.0. The molecule has 1 N–H and O–H groups in total. The van der Waals surface area contributed by atoms with Crippen LogP contribution in [0.5, 0.6) is 0 Å². The topological polar surface area (TPSA) is 64.0 Å². The Morgan fingerprint density at radius 2 is 1.88 bits per heavy atom. The number of nitrogens with one attached hydrogen (secondary N) is 1. The first-order valence-electron chi connectivity index (χ1n) is 6.74. The van der Waals surface area contributed by atoms with Gasteiger partial charge in [0.2, 0.25) is 11.3 Å².